The maximum Gasteiger partial charge on any atom is 0.256 e. The number of fused-ring (bicyclic) bond motifs is 2. The predicted molar refractivity (Wildman–Crippen MR) is 110 cm³/mol. The van der Waals surface area contributed by atoms with Crippen molar-refractivity contribution in [3.8, 4) is 11.5 Å². The Kier molecular flexibility index (Phi) is 5.10. The molecule has 2 fully saturated rings. The Balaban J connectivity index is 1.57. The molecule has 0 bridgehead atoms. The molecule has 1 aromatic carbocycles. The molecule has 4 rings (SSSR count). The summed E-state index contributed by atoms with van der Waals surface area (Å²) in [4.78, 5) is 15.2. The summed E-state index contributed by atoms with van der Waals surface area (Å²) >= 11 is 3.45. The van der Waals surface area contributed by atoms with Crippen LogP contribution < -0.4 is 14.8 Å². The van der Waals surface area contributed by atoms with Gasteiger partial charge in [0, 0.05) is 23.6 Å². The lowest BCUT2D eigenvalue weighted by Gasteiger charge is -2.22. The van der Waals surface area contributed by atoms with Crippen molar-refractivity contribution in [3.63, 3.8) is 0 Å². The van der Waals surface area contributed by atoms with Gasteiger partial charge in [-0.3, -0.25) is 4.79 Å². The van der Waals surface area contributed by atoms with E-state index in [2.05, 4.69) is 27.8 Å². The van der Waals surface area contributed by atoms with Crippen LogP contribution in [-0.4, -0.2) is 42.4 Å². The second kappa shape index (κ2) is 7.38. The van der Waals surface area contributed by atoms with E-state index in [1.54, 1.807) is 7.11 Å². The van der Waals surface area contributed by atoms with Gasteiger partial charge in [0.15, 0.2) is 11.5 Å². The summed E-state index contributed by atoms with van der Waals surface area (Å²) in [6.45, 7) is 5.70. The second-order valence-corrected chi connectivity index (χ2v) is 8.74. The molecule has 0 aromatic heterocycles. The van der Waals surface area contributed by atoms with Crippen molar-refractivity contribution in [1.82, 2.24) is 4.90 Å². The summed E-state index contributed by atoms with van der Waals surface area (Å²) in [5, 5.41) is 4.41. The molecule has 1 amide bonds. The van der Waals surface area contributed by atoms with Gasteiger partial charge in [-0.25, -0.2) is 0 Å². The maximum atomic E-state index is 13.2. The van der Waals surface area contributed by atoms with Gasteiger partial charge in [0.1, 0.15) is 0 Å². The number of ether oxygens (including phenoxy) is 2. The number of halogens is 1. The fraction of sp³-hybridized carbons (Fsp3) is 0.571. The van der Waals surface area contributed by atoms with Gasteiger partial charge in [0.2, 0.25) is 0 Å². The molecule has 27 heavy (non-hydrogen) atoms. The summed E-state index contributed by atoms with van der Waals surface area (Å²) in [6.07, 6.45) is 6.70. The van der Waals surface area contributed by atoms with Gasteiger partial charge in [-0.15, -0.1) is 0 Å². The summed E-state index contributed by atoms with van der Waals surface area (Å²) < 4.78 is 11.5. The summed E-state index contributed by atoms with van der Waals surface area (Å²) in [6, 6.07) is 3.77. The van der Waals surface area contributed by atoms with E-state index in [1.807, 2.05) is 17.0 Å². The second-order valence-electron chi connectivity index (χ2n) is 7.95. The Morgan fingerprint density at radius 3 is 2.81 bits per heavy atom. The van der Waals surface area contributed by atoms with E-state index in [0.29, 0.717) is 29.1 Å². The molecule has 1 atom stereocenters. The maximum absolute atomic E-state index is 13.2. The zero-order valence-electron chi connectivity index (χ0n) is 15.9. The number of hydrogen-bond acceptors (Lipinski definition) is 4. The number of anilines is 1. The van der Waals surface area contributed by atoms with Crippen LogP contribution in [0.5, 0.6) is 11.5 Å². The number of nitrogens with zero attached hydrogens (tertiary/aromatic N) is 1. The Bertz CT molecular complexity index is 760. The molecule has 5 nitrogen and oxygen atoms in total. The first-order valence-corrected chi connectivity index (χ1v) is 10.9. The largest absolute Gasteiger partial charge is 0.493 e. The number of carbonyl (C=O) groups excluding carboxylic acids is 1. The van der Waals surface area contributed by atoms with Gasteiger partial charge in [-0.2, -0.15) is 0 Å². The van der Waals surface area contributed by atoms with Gasteiger partial charge in [-0.05, 0) is 50.0 Å². The van der Waals surface area contributed by atoms with Crippen molar-refractivity contribution in [2.75, 3.05) is 30.9 Å². The number of methoxy groups -OCH3 is 1. The van der Waals surface area contributed by atoms with Crippen molar-refractivity contribution in [1.29, 1.82) is 0 Å². The summed E-state index contributed by atoms with van der Waals surface area (Å²) in [7, 11) is 1.62. The fourth-order valence-electron chi connectivity index (χ4n) is 4.20. The van der Waals surface area contributed by atoms with Gasteiger partial charge in [-0.1, -0.05) is 22.5 Å². The van der Waals surface area contributed by atoms with Crippen LogP contribution in [0.2, 0.25) is 0 Å². The van der Waals surface area contributed by atoms with E-state index < -0.39 is 0 Å². The van der Waals surface area contributed by atoms with Crippen LogP contribution >= 0.6 is 15.9 Å². The Morgan fingerprint density at radius 2 is 2.11 bits per heavy atom. The van der Waals surface area contributed by atoms with E-state index in [0.717, 1.165) is 48.9 Å². The fourth-order valence-corrected chi connectivity index (χ4v) is 4.60. The summed E-state index contributed by atoms with van der Waals surface area (Å²) in [5.74, 6) is 1.34. The highest BCUT2D eigenvalue weighted by atomic mass is 79.9. The van der Waals surface area contributed by atoms with Crippen LogP contribution in [0, 0.1) is 5.41 Å². The highest BCUT2D eigenvalue weighted by Crippen LogP contribution is 2.56. The predicted octanol–water partition coefficient (Wildman–Crippen LogP) is 4.57. The molecule has 0 radical (unpaired) electrons. The lowest BCUT2D eigenvalue weighted by molar-refractivity contribution is 0.0755. The minimum Gasteiger partial charge on any atom is -0.493 e. The number of carbonyl (C=O) groups is 1. The van der Waals surface area contributed by atoms with Crippen molar-refractivity contribution in [2.45, 2.75) is 44.6 Å². The molecule has 2 heterocycles. The number of rotatable bonds is 7. The van der Waals surface area contributed by atoms with Crippen molar-refractivity contribution in [3.05, 3.63) is 30.0 Å². The Hall–Kier alpha value is -1.69. The van der Waals surface area contributed by atoms with E-state index >= 15 is 0 Å². The monoisotopic (exact) mass is 434 g/mol. The number of unbranched alkanes of at least 4 members (excludes halogenated alkanes) is 2. The quantitative estimate of drug-likeness (QED) is 0.504. The Labute approximate surface area is 169 Å². The van der Waals surface area contributed by atoms with Crippen LogP contribution in [0.4, 0.5) is 5.69 Å². The zero-order valence-corrected chi connectivity index (χ0v) is 17.4. The normalized spacial score (nSPS) is 22.1. The average Bonchev–Trinajstić information content (AvgIpc) is 3.32. The standard InChI is InChI=1S/C21H27BrN2O3/c1-14-17-12-21(6-7-21)13-24(17)20(25)15-10-18(26-2)19(11-16(15)23-14)27-9-5-3-4-8-22/h10-11,17,23H,1,3-9,12-13H2,2H3. The van der Waals surface area contributed by atoms with Gasteiger partial charge in [0.05, 0.1) is 31.0 Å². The van der Waals surface area contributed by atoms with Crippen molar-refractivity contribution in [2.24, 2.45) is 5.41 Å². The minimum atomic E-state index is 0.0621. The number of amides is 1. The van der Waals surface area contributed by atoms with Crippen molar-refractivity contribution < 1.29 is 14.3 Å². The Morgan fingerprint density at radius 1 is 1.30 bits per heavy atom. The van der Waals surface area contributed by atoms with Gasteiger partial charge in [0.25, 0.3) is 5.91 Å². The zero-order chi connectivity index (χ0) is 19.0. The van der Waals surface area contributed by atoms with Crippen LogP contribution in [0.25, 0.3) is 0 Å². The first-order valence-electron chi connectivity index (χ1n) is 9.74. The molecule has 2 aliphatic heterocycles. The third-order valence-electron chi connectivity index (χ3n) is 5.99. The van der Waals surface area contributed by atoms with E-state index in [-0.39, 0.29) is 11.9 Å². The van der Waals surface area contributed by atoms with E-state index in [4.69, 9.17) is 9.47 Å². The first kappa shape index (κ1) is 18.7. The third-order valence-corrected chi connectivity index (χ3v) is 6.55. The molecular weight excluding hydrogens is 408 g/mol. The first-order chi connectivity index (χ1) is 13.1. The molecule has 1 aromatic rings. The van der Waals surface area contributed by atoms with Crippen LogP contribution in [0.3, 0.4) is 0 Å². The summed E-state index contributed by atoms with van der Waals surface area (Å²) in [5.41, 5.74) is 2.64. The smallest absolute Gasteiger partial charge is 0.256 e. The molecular formula is C21H27BrN2O3. The highest BCUT2D eigenvalue weighted by molar-refractivity contribution is 9.09. The topological polar surface area (TPSA) is 50.8 Å². The van der Waals surface area contributed by atoms with Crippen LogP contribution in [0.15, 0.2) is 24.4 Å². The number of nitrogens with one attached hydrogen (secondary N) is 1. The molecule has 1 aliphatic carbocycles. The molecule has 146 valence electrons. The van der Waals surface area contributed by atoms with E-state index in [9.17, 15) is 4.79 Å². The highest BCUT2D eigenvalue weighted by Gasteiger charge is 2.54. The SMILES string of the molecule is C=C1Nc2cc(OCCCCCBr)c(OC)cc2C(=O)N2CC3(CC3)CC12. The third kappa shape index (κ3) is 3.56. The molecule has 3 aliphatic rings. The lowest BCUT2D eigenvalue weighted by atomic mass is 10.0. The van der Waals surface area contributed by atoms with Crippen LogP contribution in [-0.2, 0) is 0 Å². The number of hydrogen-bond donors (Lipinski definition) is 1. The lowest BCUT2D eigenvalue weighted by Crippen LogP contribution is -2.35. The van der Waals surface area contributed by atoms with E-state index in [1.165, 1.54) is 12.8 Å². The van der Waals surface area contributed by atoms with Crippen molar-refractivity contribution >= 4 is 27.5 Å². The molecule has 1 saturated heterocycles. The molecule has 1 N–H and O–H groups in total. The van der Waals surface area contributed by atoms with Crippen LogP contribution in [0.1, 0.15) is 48.9 Å². The molecule has 1 spiro atoms. The average molecular weight is 435 g/mol. The molecule has 1 unspecified atom stereocenters. The molecule has 6 heteroatoms. The van der Waals surface area contributed by atoms with Gasteiger partial charge >= 0.3 is 0 Å². The minimum absolute atomic E-state index is 0.0621. The number of benzene rings is 1. The molecule has 1 saturated carbocycles. The number of alkyl halides is 1. The van der Waals surface area contributed by atoms with Gasteiger partial charge < -0.3 is 19.7 Å².